The van der Waals surface area contributed by atoms with Crippen molar-refractivity contribution in [2.75, 3.05) is 22.9 Å². The third kappa shape index (κ3) is 6.08. The average Bonchev–Trinajstić information content (AvgIpc) is 3.17. The molecule has 10 heteroatoms. The zero-order chi connectivity index (χ0) is 35.8. The van der Waals surface area contributed by atoms with Crippen LogP contribution in [0.3, 0.4) is 0 Å². The maximum absolute atomic E-state index is 14.4. The van der Waals surface area contributed by atoms with Crippen molar-refractivity contribution < 1.29 is 24.0 Å². The molecule has 0 spiro atoms. The molecule has 0 radical (unpaired) electrons. The number of nitrogens with zero attached hydrogens (tertiary/aromatic N) is 3. The van der Waals surface area contributed by atoms with E-state index in [-0.39, 0.29) is 29.7 Å². The first-order chi connectivity index (χ1) is 25.4. The Hall–Kier alpha value is -6.55. The first-order valence-corrected chi connectivity index (χ1v) is 17.2. The summed E-state index contributed by atoms with van der Waals surface area (Å²) in [6, 6.07) is 36.6. The highest BCUT2D eigenvalue weighted by atomic mass is 16.6. The van der Waals surface area contributed by atoms with Gasteiger partial charge < -0.3 is 9.64 Å². The number of ether oxygens (including phenoxy) is 1. The zero-order valence-corrected chi connectivity index (χ0v) is 28.1. The Kier molecular flexibility index (Phi) is 8.56. The molecule has 0 saturated carbocycles. The van der Waals surface area contributed by atoms with Crippen LogP contribution in [0, 0.1) is 10.1 Å². The van der Waals surface area contributed by atoms with Crippen LogP contribution in [0.1, 0.15) is 58.1 Å². The molecule has 0 aliphatic carbocycles. The van der Waals surface area contributed by atoms with Crippen LogP contribution in [-0.4, -0.2) is 35.9 Å². The van der Waals surface area contributed by atoms with Gasteiger partial charge in [0.2, 0.25) is 0 Å². The Labute approximate surface area is 300 Å². The summed E-state index contributed by atoms with van der Waals surface area (Å²) < 4.78 is 6.02. The first kappa shape index (κ1) is 32.6. The van der Waals surface area contributed by atoms with Crippen LogP contribution in [0.15, 0.2) is 127 Å². The molecule has 1 fully saturated rings. The van der Waals surface area contributed by atoms with Gasteiger partial charge in [-0.25, -0.2) is 9.69 Å². The Morgan fingerprint density at radius 1 is 0.769 bits per heavy atom. The average molecular weight is 691 g/mol. The van der Waals surface area contributed by atoms with Gasteiger partial charge in [0.05, 0.1) is 10.6 Å². The maximum atomic E-state index is 14.4. The van der Waals surface area contributed by atoms with Crippen molar-refractivity contribution in [3.63, 3.8) is 0 Å². The van der Waals surface area contributed by atoms with Crippen molar-refractivity contribution in [2.45, 2.75) is 31.3 Å². The number of non-ortho nitro benzene ring substituents is 1. The molecule has 0 bridgehead atoms. The van der Waals surface area contributed by atoms with Crippen molar-refractivity contribution in [2.24, 2.45) is 0 Å². The van der Waals surface area contributed by atoms with E-state index in [1.54, 1.807) is 36.4 Å². The van der Waals surface area contributed by atoms with E-state index in [9.17, 15) is 24.5 Å². The number of amides is 4. The lowest BCUT2D eigenvalue weighted by Gasteiger charge is -2.44. The number of hydrogen-bond acceptors (Lipinski definition) is 7. The van der Waals surface area contributed by atoms with Crippen LogP contribution in [0.25, 0.3) is 6.08 Å². The highest BCUT2D eigenvalue weighted by molar-refractivity contribution is 6.39. The largest absolute Gasteiger partial charge is 0.488 e. The molecule has 5 aromatic rings. The fraction of sp³-hybridized carbons (Fsp3) is 0.167. The van der Waals surface area contributed by atoms with E-state index in [1.165, 1.54) is 18.2 Å². The number of anilines is 2. The molecule has 3 aliphatic rings. The molecule has 8 rings (SSSR count). The molecule has 0 unspecified atom stereocenters. The number of carbonyl (C=O) groups excluding carboxylic acids is 3. The van der Waals surface area contributed by atoms with Crippen LogP contribution < -0.4 is 19.9 Å². The number of urea groups is 1. The van der Waals surface area contributed by atoms with E-state index >= 15 is 0 Å². The minimum atomic E-state index is -0.814. The monoisotopic (exact) mass is 690 g/mol. The number of barbiturate groups is 1. The number of imide groups is 2. The molecule has 5 aromatic carbocycles. The third-order valence-corrected chi connectivity index (χ3v) is 10.1. The Morgan fingerprint density at radius 2 is 1.38 bits per heavy atom. The predicted molar refractivity (Wildman–Crippen MR) is 197 cm³/mol. The molecular formula is C42H34N4O6. The van der Waals surface area contributed by atoms with Crippen molar-refractivity contribution in [1.29, 1.82) is 0 Å². The number of rotatable bonds is 8. The third-order valence-electron chi connectivity index (χ3n) is 10.1. The van der Waals surface area contributed by atoms with E-state index in [4.69, 9.17) is 4.74 Å². The van der Waals surface area contributed by atoms with E-state index in [0.29, 0.717) is 22.6 Å². The lowest BCUT2D eigenvalue weighted by molar-refractivity contribution is -0.384. The predicted octanol–water partition coefficient (Wildman–Crippen LogP) is 7.72. The molecule has 10 nitrogen and oxygen atoms in total. The van der Waals surface area contributed by atoms with Gasteiger partial charge in [0.15, 0.2) is 0 Å². The fourth-order valence-corrected chi connectivity index (χ4v) is 7.67. The number of nitrogens with one attached hydrogen (secondary N) is 1. The van der Waals surface area contributed by atoms with E-state index in [1.807, 2.05) is 48.5 Å². The SMILES string of the molecule is O=C1NC(=O)N(c2cc3c4c(c2)[C@H](c2ccccc2)CCN4CC[C@@H]3c2ccccc2)C(=O)/C1=C/c1ccccc1OCc1cccc([N+](=O)[O-])c1. The van der Waals surface area contributed by atoms with E-state index < -0.39 is 22.8 Å². The minimum Gasteiger partial charge on any atom is -0.488 e. The molecule has 1 N–H and O–H groups in total. The van der Waals surface area contributed by atoms with Gasteiger partial charge in [-0.2, -0.15) is 0 Å². The van der Waals surface area contributed by atoms with Crippen molar-refractivity contribution in [1.82, 2.24) is 5.32 Å². The number of para-hydroxylation sites is 1. The summed E-state index contributed by atoms with van der Waals surface area (Å²) >= 11 is 0. The molecular weight excluding hydrogens is 656 g/mol. The highest BCUT2D eigenvalue weighted by Crippen LogP contribution is 2.50. The molecule has 3 aliphatic heterocycles. The zero-order valence-electron chi connectivity index (χ0n) is 28.1. The molecule has 3 heterocycles. The lowest BCUT2D eigenvalue weighted by atomic mass is 9.76. The highest BCUT2D eigenvalue weighted by Gasteiger charge is 2.40. The number of benzene rings is 5. The van der Waals surface area contributed by atoms with Crippen LogP contribution in [0.5, 0.6) is 5.75 Å². The molecule has 1 saturated heterocycles. The first-order valence-electron chi connectivity index (χ1n) is 17.2. The van der Waals surface area contributed by atoms with Crippen molar-refractivity contribution in [3.05, 3.63) is 170 Å². The molecule has 52 heavy (non-hydrogen) atoms. The Bertz CT molecular complexity index is 2180. The quantitative estimate of drug-likeness (QED) is 0.0766. The molecule has 0 aromatic heterocycles. The summed E-state index contributed by atoms with van der Waals surface area (Å²) in [6.07, 6.45) is 3.18. The number of nitro benzene ring substituents is 1. The normalized spacial score (nSPS) is 18.9. The summed E-state index contributed by atoms with van der Waals surface area (Å²) in [6.45, 7) is 1.81. The summed E-state index contributed by atoms with van der Waals surface area (Å²) in [5.74, 6) is -1.09. The molecule has 4 amide bonds. The Balaban J connectivity index is 1.19. The second-order valence-corrected chi connectivity index (χ2v) is 13.2. The van der Waals surface area contributed by atoms with Crippen LogP contribution in [0.4, 0.5) is 21.9 Å². The smallest absolute Gasteiger partial charge is 0.335 e. The van der Waals surface area contributed by atoms with Gasteiger partial charge in [-0.15, -0.1) is 0 Å². The second kappa shape index (κ2) is 13.6. The van der Waals surface area contributed by atoms with Crippen LogP contribution >= 0.6 is 0 Å². The van der Waals surface area contributed by atoms with Gasteiger partial charge in [-0.05, 0) is 64.9 Å². The van der Waals surface area contributed by atoms with Gasteiger partial charge in [-0.3, -0.25) is 25.0 Å². The second-order valence-electron chi connectivity index (χ2n) is 13.2. The number of nitro groups is 1. The minimum absolute atomic E-state index is 0.0205. The lowest BCUT2D eigenvalue weighted by Crippen LogP contribution is -2.54. The number of carbonyl (C=O) groups is 3. The van der Waals surface area contributed by atoms with Crippen LogP contribution in [-0.2, 0) is 16.2 Å². The van der Waals surface area contributed by atoms with Gasteiger partial charge >= 0.3 is 6.03 Å². The summed E-state index contributed by atoms with van der Waals surface area (Å²) in [7, 11) is 0. The van der Waals surface area contributed by atoms with Gasteiger partial charge in [-0.1, -0.05) is 91.0 Å². The summed E-state index contributed by atoms with van der Waals surface area (Å²) in [4.78, 5) is 55.6. The molecule has 258 valence electrons. The number of hydrogen-bond donors (Lipinski definition) is 1. The standard InChI is InChI=1S/C42H34N4O6/c47-40-37(23-30-15-7-8-17-38(30)52-26-27-10-9-16-31(22-27)46(50)51)41(48)45(42(49)43-40)32-24-35-33(28-11-3-1-4-12-28)18-20-44-21-19-34(36(25-32)39(35)44)29-13-5-2-6-14-29/h1-17,22-25,33-34H,18-21,26H2,(H,43,47,49)/b37-23+/t33-,34+. The van der Waals surface area contributed by atoms with Crippen molar-refractivity contribution in [3.8, 4) is 5.75 Å². The maximum Gasteiger partial charge on any atom is 0.335 e. The van der Waals surface area contributed by atoms with E-state index in [0.717, 1.165) is 58.8 Å². The van der Waals surface area contributed by atoms with Gasteiger partial charge in [0.25, 0.3) is 17.5 Å². The van der Waals surface area contributed by atoms with Gasteiger partial charge in [0, 0.05) is 48.3 Å². The topological polar surface area (TPSA) is 122 Å². The summed E-state index contributed by atoms with van der Waals surface area (Å²) in [5.41, 5.74) is 6.71. The fourth-order valence-electron chi connectivity index (χ4n) is 7.67. The molecule has 2 atom stereocenters. The van der Waals surface area contributed by atoms with Crippen LogP contribution in [0.2, 0.25) is 0 Å². The van der Waals surface area contributed by atoms with Crippen molar-refractivity contribution >= 4 is 41.0 Å². The van der Waals surface area contributed by atoms with E-state index in [2.05, 4.69) is 34.5 Å². The Morgan fingerprint density at radius 3 is 2.02 bits per heavy atom. The summed E-state index contributed by atoms with van der Waals surface area (Å²) in [5, 5.41) is 13.7. The van der Waals surface area contributed by atoms with Gasteiger partial charge in [0.1, 0.15) is 17.9 Å².